The molecule has 0 aliphatic carbocycles. The predicted octanol–water partition coefficient (Wildman–Crippen LogP) is 3.26. The first kappa shape index (κ1) is 22.8. The fraction of sp³-hybridized carbons (Fsp3) is 0.200. The molecule has 9 nitrogen and oxygen atoms in total. The number of anilines is 2. The van der Waals surface area contributed by atoms with Crippen LogP contribution in [0.5, 0.6) is 0 Å². The van der Waals surface area contributed by atoms with E-state index in [0.717, 1.165) is 18.7 Å². The lowest BCUT2D eigenvalue weighted by Crippen LogP contribution is -2.47. The minimum absolute atomic E-state index is 0.177. The zero-order chi connectivity index (χ0) is 24.4. The molecule has 0 unspecified atom stereocenters. The van der Waals surface area contributed by atoms with Gasteiger partial charge in [0.25, 0.3) is 5.91 Å². The van der Waals surface area contributed by atoms with Crippen LogP contribution in [0.15, 0.2) is 71.7 Å². The number of amides is 1. The summed E-state index contributed by atoms with van der Waals surface area (Å²) in [6, 6.07) is 18.1. The Balaban J connectivity index is 1.24. The van der Waals surface area contributed by atoms with Crippen molar-refractivity contribution < 1.29 is 10.0 Å². The number of nitrogens with zero attached hydrogens (tertiary/aromatic N) is 5. The largest absolute Gasteiger partial charge is 0.422 e. The van der Waals surface area contributed by atoms with Gasteiger partial charge in [0, 0.05) is 55.2 Å². The third kappa shape index (κ3) is 4.96. The molecule has 35 heavy (non-hydrogen) atoms. The summed E-state index contributed by atoms with van der Waals surface area (Å²) in [5.41, 5.74) is 1.76. The van der Waals surface area contributed by atoms with Crippen LogP contribution in [0.4, 0.5) is 11.5 Å². The molecule has 2 aromatic heterocycles. The first-order valence-corrected chi connectivity index (χ1v) is 11.6. The number of pyridine rings is 1. The number of carbonyl (C=O) groups excluding carboxylic acids is 1. The molecule has 3 heterocycles. The molecule has 1 fully saturated rings. The number of nitrogens with one attached hydrogen (secondary N) is 1. The van der Waals surface area contributed by atoms with E-state index in [2.05, 4.69) is 20.2 Å². The van der Waals surface area contributed by atoms with Crippen LogP contribution in [0.1, 0.15) is 15.9 Å². The van der Waals surface area contributed by atoms with E-state index >= 15 is 0 Å². The minimum atomic E-state index is -0.748. The fourth-order valence-corrected chi connectivity index (χ4v) is 4.32. The molecule has 2 aromatic carbocycles. The molecule has 5 rings (SSSR count). The van der Waals surface area contributed by atoms with Crippen molar-refractivity contribution in [3.8, 4) is 0 Å². The number of carbonyl (C=O) groups is 1. The van der Waals surface area contributed by atoms with Crippen LogP contribution in [0.3, 0.4) is 0 Å². The van der Waals surface area contributed by atoms with E-state index in [4.69, 9.17) is 11.6 Å². The highest BCUT2D eigenvalue weighted by Crippen LogP contribution is 2.23. The van der Waals surface area contributed by atoms with Gasteiger partial charge in [-0.2, -0.15) is 4.98 Å². The van der Waals surface area contributed by atoms with Crippen LogP contribution in [0.25, 0.3) is 11.0 Å². The third-order valence-electron chi connectivity index (χ3n) is 5.98. The van der Waals surface area contributed by atoms with Crippen LogP contribution < -0.4 is 15.9 Å². The van der Waals surface area contributed by atoms with Gasteiger partial charge in [-0.1, -0.05) is 23.7 Å². The van der Waals surface area contributed by atoms with Crippen molar-refractivity contribution in [2.45, 2.75) is 6.54 Å². The van der Waals surface area contributed by atoms with Gasteiger partial charge >= 0.3 is 5.69 Å². The van der Waals surface area contributed by atoms with Crippen molar-refractivity contribution in [1.29, 1.82) is 0 Å². The molecular weight excluding hydrogens is 468 g/mol. The SMILES string of the molecule is O=C(Nc1ccc(Cl)cc1)c1cccc(CN2CCN(c3nc(=O)n(O)c4ncccc34)CC2)c1. The standard InChI is InChI=1S/C25H23ClN6O3/c26-19-6-8-20(9-7-19)28-24(33)18-4-1-3-17(15-18)16-30-11-13-31(14-12-30)23-21-5-2-10-27-22(21)32(35)25(34)29-23/h1-10,15,35H,11-14,16H2,(H,28,33). The molecule has 178 valence electrons. The summed E-state index contributed by atoms with van der Waals surface area (Å²) in [6.45, 7) is 3.55. The van der Waals surface area contributed by atoms with Crippen molar-refractivity contribution in [2.75, 3.05) is 36.4 Å². The number of fused-ring (bicyclic) bond motifs is 1. The summed E-state index contributed by atoms with van der Waals surface area (Å²) in [5.74, 6) is 0.355. The first-order chi connectivity index (χ1) is 17.0. The summed E-state index contributed by atoms with van der Waals surface area (Å²) in [7, 11) is 0. The molecule has 1 aliphatic heterocycles. The van der Waals surface area contributed by atoms with E-state index in [1.165, 1.54) is 6.20 Å². The second kappa shape index (κ2) is 9.73. The van der Waals surface area contributed by atoms with E-state index in [9.17, 15) is 14.8 Å². The van der Waals surface area contributed by atoms with Crippen LogP contribution >= 0.6 is 11.6 Å². The Hall–Kier alpha value is -3.95. The number of hydrogen-bond acceptors (Lipinski definition) is 7. The van der Waals surface area contributed by atoms with Gasteiger partial charge in [0.05, 0.1) is 5.39 Å². The average Bonchev–Trinajstić information content (AvgIpc) is 2.88. The summed E-state index contributed by atoms with van der Waals surface area (Å²) in [4.78, 5) is 37.3. The van der Waals surface area contributed by atoms with E-state index in [1.807, 2.05) is 23.1 Å². The number of piperazine rings is 1. The van der Waals surface area contributed by atoms with Crippen molar-refractivity contribution >= 4 is 40.0 Å². The number of benzene rings is 2. The quantitative estimate of drug-likeness (QED) is 0.414. The number of aromatic nitrogens is 3. The monoisotopic (exact) mass is 490 g/mol. The van der Waals surface area contributed by atoms with E-state index in [-0.39, 0.29) is 11.6 Å². The van der Waals surface area contributed by atoms with Crippen molar-refractivity contribution in [3.63, 3.8) is 0 Å². The zero-order valence-corrected chi connectivity index (χ0v) is 19.5. The van der Waals surface area contributed by atoms with Crippen LogP contribution in [-0.4, -0.2) is 56.9 Å². The molecule has 0 atom stereocenters. The molecule has 1 saturated heterocycles. The van der Waals surface area contributed by atoms with E-state index in [0.29, 0.717) is 51.8 Å². The molecule has 0 radical (unpaired) electrons. The van der Waals surface area contributed by atoms with Crippen LogP contribution in [-0.2, 0) is 6.54 Å². The van der Waals surface area contributed by atoms with Gasteiger partial charge in [-0.25, -0.2) is 9.78 Å². The normalized spacial score (nSPS) is 14.3. The maximum atomic E-state index is 12.7. The highest BCUT2D eigenvalue weighted by molar-refractivity contribution is 6.30. The summed E-state index contributed by atoms with van der Waals surface area (Å²) < 4.78 is 0.477. The van der Waals surface area contributed by atoms with Crippen LogP contribution in [0, 0.1) is 0 Å². The Morgan fingerprint density at radius 1 is 1.03 bits per heavy atom. The second-order valence-electron chi connectivity index (χ2n) is 8.33. The van der Waals surface area contributed by atoms with Gasteiger partial charge in [0.2, 0.25) is 0 Å². The lowest BCUT2D eigenvalue weighted by atomic mass is 10.1. The van der Waals surface area contributed by atoms with Crippen LogP contribution in [0.2, 0.25) is 5.02 Å². The lowest BCUT2D eigenvalue weighted by Gasteiger charge is -2.35. The number of hydrogen-bond donors (Lipinski definition) is 2. The van der Waals surface area contributed by atoms with Gasteiger partial charge in [-0.15, -0.1) is 4.73 Å². The van der Waals surface area contributed by atoms with E-state index < -0.39 is 5.69 Å². The second-order valence-corrected chi connectivity index (χ2v) is 8.77. The molecule has 0 spiro atoms. The predicted molar refractivity (Wildman–Crippen MR) is 134 cm³/mol. The van der Waals surface area contributed by atoms with E-state index in [1.54, 1.807) is 42.5 Å². The van der Waals surface area contributed by atoms with Gasteiger partial charge in [0.15, 0.2) is 5.65 Å². The third-order valence-corrected chi connectivity index (χ3v) is 6.23. The Morgan fingerprint density at radius 3 is 2.57 bits per heavy atom. The maximum Gasteiger partial charge on any atom is 0.384 e. The van der Waals surface area contributed by atoms with Gasteiger partial charge in [-0.05, 0) is 54.1 Å². The molecular formula is C25H23ClN6O3. The summed E-state index contributed by atoms with van der Waals surface area (Å²) >= 11 is 5.91. The maximum absolute atomic E-state index is 12.7. The summed E-state index contributed by atoms with van der Waals surface area (Å²) in [5, 5.41) is 14.1. The van der Waals surface area contributed by atoms with Gasteiger partial charge in [-0.3, -0.25) is 9.69 Å². The highest BCUT2D eigenvalue weighted by Gasteiger charge is 2.22. The lowest BCUT2D eigenvalue weighted by molar-refractivity contribution is 0.102. The zero-order valence-electron chi connectivity index (χ0n) is 18.8. The number of halogens is 1. The fourth-order valence-electron chi connectivity index (χ4n) is 4.19. The first-order valence-electron chi connectivity index (χ1n) is 11.2. The Kier molecular flexibility index (Phi) is 6.35. The molecule has 1 amide bonds. The highest BCUT2D eigenvalue weighted by atomic mass is 35.5. The molecule has 10 heteroatoms. The average molecular weight is 491 g/mol. The Morgan fingerprint density at radius 2 is 1.80 bits per heavy atom. The smallest absolute Gasteiger partial charge is 0.384 e. The molecule has 1 aliphatic rings. The van der Waals surface area contributed by atoms with Crippen molar-refractivity contribution in [3.05, 3.63) is 93.5 Å². The minimum Gasteiger partial charge on any atom is -0.422 e. The Labute approximate surface area is 206 Å². The van der Waals surface area contributed by atoms with Crippen molar-refractivity contribution in [2.24, 2.45) is 0 Å². The summed E-state index contributed by atoms with van der Waals surface area (Å²) in [6.07, 6.45) is 1.53. The van der Waals surface area contributed by atoms with Gasteiger partial charge < -0.3 is 15.4 Å². The van der Waals surface area contributed by atoms with Gasteiger partial charge in [0.1, 0.15) is 5.82 Å². The molecule has 2 N–H and O–H groups in total. The van der Waals surface area contributed by atoms with Crippen molar-refractivity contribution in [1.82, 2.24) is 19.6 Å². The Bertz CT molecular complexity index is 1430. The molecule has 4 aromatic rings. The molecule has 0 bridgehead atoms. The topological polar surface area (TPSA) is 104 Å². The molecule has 0 saturated carbocycles. The number of rotatable bonds is 5.